The number of aromatic nitrogens is 2. The fourth-order valence-corrected chi connectivity index (χ4v) is 3.68. The van der Waals surface area contributed by atoms with Gasteiger partial charge in [-0.3, -0.25) is 4.79 Å². The topological polar surface area (TPSA) is 64.4 Å². The minimum Gasteiger partial charge on any atom is -0.406 e. The second kappa shape index (κ2) is 8.67. The van der Waals surface area contributed by atoms with Gasteiger partial charge in [-0.2, -0.15) is 0 Å². The Bertz CT molecular complexity index is 866. The number of carbonyl (C=O) groups excluding carboxylic acids is 2. The van der Waals surface area contributed by atoms with Gasteiger partial charge >= 0.3 is 6.36 Å². The fraction of sp³-hybridized carbons (Fsp3) is 0.450. The van der Waals surface area contributed by atoms with Gasteiger partial charge in [0.15, 0.2) is 0 Å². The van der Waals surface area contributed by atoms with Crippen molar-refractivity contribution in [1.29, 1.82) is 0 Å². The first-order valence-corrected chi connectivity index (χ1v) is 9.34. The number of hydrogen-bond donors (Lipinski definition) is 0. The van der Waals surface area contributed by atoms with Gasteiger partial charge in [-0.15, -0.1) is 13.2 Å². The van der Waals surface area contributed by atoms with Crippen molar-refractivity contribution in [2.75, 3.05) is 0 Å². The lowest BCUT2D eigenvalue weighted by Gasteiger charge is -2.36. The van der Waals surface area contributed by atoms with E-state index in [0.717, 1.165) is 25.5 Å². The summed E-state index contributed by atoms with van der Waals surface area (Å²) < 4.78 is 43.2. The predicted molar refractivity (Wildman–Crippen MR) is 98.0 cm³/mol. The number of nitrogens with zero attached hydrogens (tertiary/aromatic N) is 3. The summed E-state index contributed by atoms with van der Waals surface area (Å²) in [7, 11) is 1.75. The zero-order chi connectivity index (χ0) is 21.0. The molecule has 1 aromatic carbocycles. The molecule has 1 aliphatic rings. The number of aldehydes is 1. The molecule has 1 aromatic heterocycles. The van der Waals surface area contributed by atoms with Gasteiger partial charge in [0.05, 0.1) is 6.33 Å². The SMILES string of the molecule is Cn1cnc(C(=O)N(Cc2cccc(OC(F)(F)F)c2)C2CCCC(C=O)C2)c1. The van der Waals surface area contributed by atoms with E-state index in [1.54, 1.807) is 28.8 Å². The monoisotopic (exact) mass is 409 g/mol. The number of carbonyl (C=O) groups is 2. The van der Waals surface area contributed by atoms with Crippen LogP contribution in [0.25, 0.3) is 0 Å². The molecule has 0 bridgehead atoms. The first kappa shape index (κ1) is 20.9. The van der Waals surface area contributed by atoms with E-state index < -0.39 is 6.36 Å². The van der Waals surface area contributed by atoms with Gasteiger partial charge in [-0.1, -0.05) is 18.6 Å². The van der Waals surface area contributed by atoms with Crippen LogP contribution in [-0.2, 0) is 18.4 Å². The maximum absolute atomic E-state index is 13.1. The normalized spacial score (nSPS) is 19.6. The lowest BCUT2D eigenvalue weighted by molar-refractivity contribution is -0.274. The second-order valence-electron chi connectivity index (χ2n) is 7.27. The summed E-state index contributed by atoms with van der Waals surface area (Å²) in [6.45, 7) is 0.0979. The Balaban J connectivity index is 1.86. The minimum absolute atomic E-state index is 0.0979. The van der Waals surface area contributed by atoms with Gasteiger partial charge in [0.1, 0.15) is 17.7 Å². The van der Waals surface area contributed by atoms with Crippen LogP contribution >= 0.6 is 0 Å². The van der Waals surface area contributed by atoms with Crippen LogP contribution in [0.15, 0.2) is 36.8 Å². The molecule has 2 unspecified atom stereocenters. The molecule has 1 amide bonds. The Morgan fingerprint density at radius 1 is 1.38 bits per heavy atom. The summed E-state index contributed by atoms with van der Waals surface area (Å²) >= 11 is 0. The molecular weight excluding hydrogens is 387 g/mol. The molecule has 0 aliphatic heterocycles. The van der Waals surface area contributed by atoms with Crippen LogP contribution in [0.3, 0.4) is 0 Å². The molecule has 9 heteroatoms. The van der Waals surface area contributed by atoms with Crippen LogP contribution in [0, 0.1) is 5.92 Å². The smallest absolute Gasteiger partial charge is 0.406 e. The molecule has 1 aliphatic carbocycles. The number of aryl methyl sites for hydroxylation is 1. The Morgan fingerprint density at radius 3 is 2.83 bits per heavy atom. The fourth-order valence-electron chi connectivity index (χ4n) is 3.68. The molecule has 0 spiro atoms. The summed E-state index contributed by atoms with van der Waals surface area (Å²) in [4.78, 5) is 30.1. The molecule has 3 rings (SSSR count). The average Bonchev–Trinajstić information content (AvgIpc) is 3.11. The van der Waals surface area contributed by atoms with E-state index >= 15 is 0 Å². The molecule has 29 heavy (non-hydrogen) atoms. The largest absolute Gasteiger partial charge is 0.573 e. The highest BCUT2D eigenvalue weighted by Gasteiger charge is 2.33. The molecule has 2 atom stereocenters. The molecule has 0 radical (unpaired) electrons. The second-order valence-corrected chi connectivity index (χ2v) is 7.27. The third kappa shape index (κ3) is 5.58. The van der Waals surface area contributed by atoms with Crippen LogP contribution in [0.4, 0.5) is 13.2 Å². The maximum Gasteiger partial charge on any atom is 0.573 e. The molecule has 1 heterocycles. The lowest BCUT2D eigenvalue weighted by atomic mass is 9.85. The summed E-state index contributed by atoms with van der Waals surface area (Å²) in [5.41, 5.74) is 0.757. The van der Waals surface area contributed by atoms with Gasteiger partial charge in [0.25, 0.3) is 5.91 Å². The van der Waals surface area contributed by atoms with Crippen molar-refractivity contribution in [3.8, 4) is 5.75 Å². The van der Waals surface area contributed by atoms with E-state index in [-0.39, 0.29) is 35.9 Å². The molecule has 0 N–H and O–H groups in total. The standard InChI is InChI=1S/C20H22F3N3O3/c1-25-11-18(24-13-25)19(28)26(16-6-2-5-15(8-16)12-27)10-14-4-3-7-17(9-14)29-20(21,22)23/h3-4,7,9,11-13,15-16H,2,5-6,8,10H2,1H3. The summed E-state index contributed by atoms with van der Waals surface area (Å²) in [6.07, 6.45) is 2.06. The van der Waals surface area contributed by atoms with Crippen molar-refractivity contribution in [3.05, 3.63) is 48.0 Å². The van der Waals surface area contributed by atoms with Gasteiger partial charge < -0.3 is 19.0 Å². The van der Waals surface area contributed by atoms with Gasteiger partial charge in [-0.05, 0) is 37.0 Å². The van der Waals surface area contributed by atoms with Crippen LogP contribution < -0.4 is 4.74 Å². The molecule has 156 valence electrons. The van der Waals surface area contributed by atoms with E-state index in [0.29, 0.717) is 12.0 Å². The number of benzene rings is 1. The molecular formula is C20H22F3N3O3. The zero-order valence-corrected chi connectivity index (χ0v) is 15.9. The van der Waals surface area contributed by atoms with Crippen LogP contribution in [-0.4, -0.2) is 39.0 Å². The van der Waals surface area contributed by atoms with Gasteiger partial charge in [0.2, 0.25) is 0 Å². The number of hydrogen-bond acceptors (Lipinski definition) is 4. The van der Waals surface area contributed by atoms with Crippen molar-refractivity contribution in [2.45, 2.75) is 44.6 Å². The highest BCUT2D eigenvalue weighted by Crippen LogP contribution is 2.30. The first-order chi connectivity index (χ1) is 13.7. The molecule has 0 saturated heterocycles. The minimum atomic E-state index is -4.79. The Morgan fingerprint density at radius 2 is 2.17 bits per heavy atom. The Kier molecular flexibility index (Phi) is 6.24. The first-order valence-electron chi connectivity index (χ1n) is 9.34. The molecule has 1 saturated carbocycles. The quantitative estimate of drug-likeness (QED) is 0.683. The number of amides is 1. The summed E-state index contributed by atoms with van der Waals surface area (Å²) in [5.74, 6) is -0.786. The molecule has 2 aromatic rings. The third-order valence-electron chi connectivity index (χ3n) is 4.99. The van der Waals surface area contributed by atoms with E-state index in [1.807, 2.05) is 0 Å². The average molecular weight is 409 g/mol. The highest BCUT2D eigenvalue weighted by molar-refractivity contribution is 5.92. The third-order valence-corrected chi connectivity index (χ3v) is 4.99. The van der Waals surface area contributed by atoms with E-state index in [4.69, 9.17) is 0 Å². The zero-order valence-electron chi connectivity index (χ0n) is 15.9. The van der Waals surface area contributed by atoms with Crippen molar-refractivity contribution in [3.63, 3.8) is 0 Å². The highest BCUT2D eigenvalue weighted by atomic mass is 19.4. The van der Waals surface area contributed by atoms with Crippen molar-refractivity contribution in [1.82, 2.24) is 14.5 Å². The van der Waals surface area contributed by atoms with Gasteiger partial charge in [-0.25, -0.2) is 4.98 Å². The van der Waals surface area contributed by atoms with E-state index in [1.165, 1.54) is 24.5 Å². The predicted octanol–water partition coefficient (Wildman–Crippen LogP) is 3.72. The Hall–Kier alpha value is -2.84. The van der Waals surface area contributed by atoms with Crippen LogP contribution in [0.5, 0.6) is 5.75 Å². The van der Waals surface area contributed by atoms with E-state index in [9.17, 15) is 22.8 Å². The lowest BCUT2D eigenvalue weighted by Crippen LogP contribution is -2.43. The summed E-state index contributed by atoms with van der Waals surface area (Å²) in [5, 5.41) is 0. The molecule has 1 fully saturated rings. The van der Waals surface area contributed by atoms with Crippen molar-refractivity contribution in [2.24, 2.45) is 13.0 Å². The number of alkyl halides is 3. The molecule has 6 nitrogen and oxygen atoms in total. The number of halogens is 3. The van der Waals surface area contributed by atoms with Crippen LogP contribution in [0.2, 0.25) is 0 Å². The van der Waals surface area contributed by atoms with Crippen molar-refractivity contribution < 1.29 is 27.5 Å². The summed E-state index contributed by atoms with van der Waals surface area (Å²) in [6, 6.07) is 5.38. The number of imidazole rings is 1. The Labute approximate surface area is 166 Å². The van der Waals surface area contributed by atoms with Crippen LogP contribution in [0.1, 0.15) is 41.7 Å². The number of ether oxygens (including phenoxy) is 1. The van der Waals surface area contributed by atoms with Gasteiger partial charge in [0, 0.05) is 31.7 Å². The maximum atomic E-state index is 13.1. The van der Waals surface area contributed by atoms with Crippen molar-refractivity contribution >= 4 is 12.2 Å². The number of rotatable bonds is 6. The van der Waals surface area contributed by atoms with E-state index in [2.05, 4.69) is 9.72 Å².